The molecule has 2 aromatic heterocycles. The van der Waals surface area contributed by atoms with Crippen molar-refractivity contribution in [1.82, 2.24) is 25.2 Å². The molecule has 2 bridgehead atoms. The zero-order valence-electron chi connectivity index (χ0n) is 17.3. The molecule has 1 aliphatic carbocycles. The molecule has 0 radical (unpaired) electrons. The average molecular weight is 484 g/mol. The fourth-order valence-corrected chi connectivity index (χ4v) is 5.66. The number of amides is 1. The zero-order valence-corrected chi connectivity index (χ0v) is 18.8. The van der Waals surface area contributed by atoms with Crippen LogP contribution in [0.3, 0.4) is 0 Å². The lowest BCUT2D eigenvalue weighted by atomic mass is 10.1. The number of piperidine rings is 1. The number of aromatic nitrogens is 4. The number of carbonyl (C=O) groups is 1. The maximum atomic E-state index is 13.1. The highest BCUT2D eigenvalue weighted by Gasteiger charge is 2.48. The molecular formula is C22H19Cl2N7O2. The van der Waals surface area contributed by atoms with Crippen LogP contribution < -0.4 is 16.0 Å². The summed E-state index contributed by atoms with van der Waals surface area (Å²) in [5.74, 6) is 0.403. The number of hydrogen-bond donors (Lipinski definition) is 2. The van der Waals surface area contributed by atoms with Crippen molar-refractivity contribution in [3.63, 3.8) is 0 Å². The van der Waals surface area contributed by atoms with Gasteiger partial charge in [-0.05, 0) is 49.1 Å². The van der Waals surface area contributed by atoms with Gasteiger partial charge in [0.05, 0.1) is 32.7 Å². The number of benzene rings is 2. The van der Waals surface area contributed by atoms with Crippen molar-refractivity contribution >= 4 is 51.6 Å². The normalized spacial score (nSPS) is 21.8. The van der Waals surface area contributed by atoms with E-state index in [1.165, 1.54) is 0 Å². The molecule has 1 amide bonds. The monoisotopic (exact) mass is 483 g/mol. The van der Waals surface area contributed by atoms with Gasteiger partial charge in [0, 0.05) is 18.3 Å². The predicted molar refractivity (Wildman–Crippen MR) is 125 cm³/mol. The van der Waals surface area contributed by atoms with E-state index in [9.17, 15) is 4.79 Å². The summed E-state index contributed by atoms with van der Waals surface area (Å²) in [5, 5.41) is 16.2. The summed E-state index contributed by atoms with van der Waals surface area (Å²) in [6.07, 6.45) is 5.16. The van der Waals surface area contributed by atoms with E-state index in [0.29, 0.717) is 32.5 Å². The van der Waals surface area contributed by atoms with Crippen molar-refractivity contribution in [1.29, 1.82) is 0 Å². The molecule has 2 aromatic carbocycles. The van der Waals surface area contributed by atoms with Crippen LogP contribution in [0.1, 0.15) is 23.2 Å². The standard InChI is InChI=1S/C22H19Cl2N7O2/c23-14-4-6-17(20-18(14)21(25)29-33-20)31-8-11-1-5-16(31)19(11)28-22(32)13-3-2-12(7-15(13)24)30-9-26-27-10-30/h2-4,6-7,9-11,16,19H,1,5,8H2,(H2,25,29)(H,28,32). The molecule has 2 aliphatic rings. The lowest BCUT2D eigenvalue weighted by Crippen LogP contribution is -2.43. The van der Waals surface area contributed by atoms with E-state index in [-0.39, 0.29) is 23.8 Å². The molecule has 168 valence electrons. The third-order valence-corrected chi connectivity index (χ3v) is 7.31. The fourth-order valence-electron chi connectivity index (χ4n) is 5.15. The van der Waals surface area contributed by atoms with Gasteiger partial charge in [0.15, 0.2) is 11.4 Å². The second-order valence-corrected chi connectivity index (χ2v) is 9.24. The van der Waals surface area contributed by atoms with Crippen LogP contribution in [0.2, 0.25) is 10.0 Å². The van der Waals surface area contributed by atoms with Gasteiger partial charge in [-0.1, -0.05) is 28.4 Å². The molecule has 0 spiro atoms. The van der Waals surface area contributed by atoms with Crippen LogP contribution in [0.4, 0.5) is 11.5 Å². The van der Waals surface area contributed by atoms with Crippen molar-refractivity contribution in [3.8, 4) is 5.69 Å². The summed E-state index contributed by atoms with van der Waals surface area (Å²) in [6.45, 7) is 0.799. The third kappa shape index (κ3) is 3.22. The number of fused-ring (bicyclic) bond motifs is 3. The SMILES string of the molecule is Nc1noc2c(N3CC4CCC3C4NC(=O)c3ccc(-n4cnnc4)cc3Cl)ccc(Cl)c12. The Balaban J connectivity index is 1.25. The minimum absolute atomic E-state index is 0.00270. The number of nitrogens with one attached hydrogen (secondary N) is 1. The number of nitrogens with zero attached hydrogens (tertiary/aromatic N) is 5. The van der Waals surface area contributed by atoms with E-state index in [4.69, 9.17) is 33.5 Å². The van der Waals surface area contributed by atoms with Gasteiger partial charge in [0.1, 0.15) is 12.7 Å². The van der Waals surface area contributed by atoms with Crippen LogP contribution in [0.15, 0.2) is 47.5 Å². The Morgan fingerprint density at radius 3 is 2.73 bits per heavy atom. The second kappa shape index (κ2) is 7.64. The predicted octanol–water partition coefficient (Wildman–Crippen LogP) is 3.69. The summed E-state index contributed by atoms with van der Waals surface area (Å²) in [5.41, 5.74) is 8.63. The van der Waals surface area contributed by atoms with Gasteiger partial charge in [-0.25, -0.2) is 0 Å². The number of nitrogen functional groups attached to an aromatic ring is 1. The molecular weight excluding hydrogens is 465 g/mol. The number of hydrogen-bond acceptors (Lipinski definition) is 7. The van der Waals surface area contributed by atoms with Crippen molar-refractivity contribution in [2.45, 2.75) is 24.9 Å². The first kappa shape index (κ1) is 20.3. The van der Waals surface area contributed by atoms with Crippen molar-refractivity contribution in [2.24, 2.45) is 5.92 Å². The van der Waals surface area contributed by atoms with Gasteiger partial charge in [-0.15, -0.1) is 10.2 Å². The van der Waals surface area contributed by atoms with Crippen molar-refractivity contribution in [3.05, 3.63) is 58.6 Å². The Bertz CT molecular complexity index is 1370. The maximum absolute atomic E-state index is 13.1. The lowest BCUT2D eigenvalue weighted by molar-refractivity contribution is 0.0932. The molecule has 1 saturated heterocycles. The quantitative estimate of drug-likeness (QED) is 0.454. The molecule has 9 nitrogen and oxygen atoms in total. The van der Waals surface area contributed by atoms with Gasteiger partial charge < -0.3 is 20.5 Å². The van der Waals surface area contributed by atoms with Crippen LogP contribution in [0.25, 0.3) is 16.7 Å². The lowest BCUT2D eigenvalue weighted by Gasteiger charge is -2.29. The molecule has 4 aromatic rings. The van der Waals surface area contributed by atoms with Crippen LogP contribution in [-0.2, 0) is 0 Å². The minimum Gasteiger partial charge on any atom is -0.380 e. The highest BCUT2D eigenvalue weighted by atomic mass is 35.5. The van der Waals surface area contributed by atoms with E-state index in [1.807, 2.05) is 18.2 Å². The van der Waals surface area contributed by atoms with Gasteiger partial charge in [0.2, 0.25) is 0 Å². The minimum atomic E-state index is -0.191. The van der Waals surface area contributed by atoms with E-state index in [0.717, 1.165) is 30.8 Å². The van der Waals surface area contributed by atoms with Crippen molar-refractivity contribution in [2.75, 3.05) is 17.2 Å². The van der Waals surface area contributed by atoms with Gasteiger partial charge in [0.25, 0.3) is 5.91 Å². The first-order valence-electron chi connectivity index (χ1n) is 10.6. The number of carbonyl (C=O) groups excluding carboxylic acids is 1. The first-order valence-corrected chi connectivity index (χ1v) is 11.3. The number of anilines is 2. The molecule has 3 heterocycles. The molecule has 3 atom stereocenters. The Labute approximate surface area is 198 Å². The second-order valence-electron chi connectivity index (χ2n) is 8.43. The molecule has 1 saturated carbocycles. The van der Waals surface area contributed by atoms with Gasteiger partial charge >= 0.3 is 0 Å². The third-order valence-electron chi connectivity index (χ3n) is 6.69. The molecule has 3 N–H and O–H groups in total. The summed E-state index contributed by atoms with van der Waals surface area (Å²) in [6, 6.07) is 9.13. The highest BCUT2D eigenvalue weighted by molar-refractivity contribution is 6.36. The summed E-state index contributed by atoms with van der Waals surface area (Å²) in [7, 11) is 0. The molecule has 1 aliphatic heterocycles. The van der Waals surface area contributed by atoms with Crippen LogP contribution in [0, 0.1) is 5.92 Å². The number of rotatable bonds is 4. The first-order chi connectivity index (χ1) is 16.0. The van der Waals surface area contributed by atoms with Gasteiger partial charge in [-0.2, -0.15) is 0 Å². The summed E-state index contributed by atoms with van der Waals surface area (Å²) >= 11 is 12.8. The van der Waals surface area contributed by atoms with E-state index >= 15 is 0 Å². The summed E-state index contributed by atoms with van der Waals surface area (Å²) in [4.78, 5) is 15.4. The molecule has 3 unspecified atom stereocenters. The van der Waals surface area contributed by atoms with Crippen LogP contribution >= 0.6 is 23.2 Å². The molecule has 6 rings (SSSR count). The van der Waals surface area contributed by atoms with Gasteiger partial charge in [-0.3, -0.25) is 9.36 Å². The highest BCUT2D eigenvalue weighted by Crippen LogP contribution is 2.44. The van der Waals surface area contributed by atoms with E-state index < -0.39 is 0 Å². The average Bonchev–Trinajstić information content (AvgIpc) is 3.60. The maximum Gasteiger partial charge on any atom is 0.253 e. The Kier molecular flexibility index (Phi) is 4.70. The number of nitrogens with two attached hydrogens (primary N) is 1. The van der Waals surface area contributed by atoms with E-state index in [2.05, 4.69) is 25.6 Å². The molecule has 11 heteroatoms. The number of halogens is 2. The van der Waals surface area contributed by atoms with Crippen molar-refractivity contribution < 1.29 is 9.32 Å². The smallest absolute Gasteiger partial charge is 0.253 e. The van der Waals surface area contributed by atoms with E-state index in [1.54, 1.807) is 29.4 Å². The zero-order chi connectivity index (χ0) is 22.7. The largest absolute Gasteiger partial charge is 0.380 e. The Morgan fingerprint density at radius 1 is 1.12 bits per heavy atom. The molecule has 2 fully saturated rings. The Hall–Kier alpha value is -3.30. The van der Waals surface area contributed by atoms with Crippen LogP contribution in [-0.4, -0.2) is 44.5 Å². The summed E-state index contributed by atoms with van der Waals surface area (Å²) < 4.78 is 7.24. The molecule has 33 heavy (non-hydrogen) atoms. The Morgan fingerprint density at radius 2 is 1.94 bits per heavy atom. The van der Waals surface area contributed by atoms with Crippen LogP contribution in [0.5, 0.6) is 0 Å². The fraction of sp³-hybridized carbons (Fsp3) is 0.273. The topological polar surface area (TPSA) is 115 Å².